The standard InChI is InChI=1S/C20H16F3N5O/c1-9-25-20(27-29-9)10-2-3-28-18-8-16(24)12(6-17(18)26-19(28)4-10)11-5-14(22)15(23)7-13(11)21/h2-5,7,12,16H,6,8,24H2,1H3. The summed E-state index contributed by atoms with van der Waals surface area (Å²) in [6, 6.07) is 4.69. The third-order valence-electron chi connectivity index (χ3n) is 5.39. The summed E-state index contributed by atoms with van der Waals surface area (Å²) in [5.41, 5.74) is 9.47. The summed E-state index contributed by atoms with van der Waals surface area (Å²) >= 11 is 0. The topological polar surface area (TPSA) is 82.2 Å². The van der Waals surface area contributed by atoms with Crippen molar-refractivity contribution >= 4 is 5.65 Å². The van der Waals surface area contributed by atoms with E-state index in [1.165, 1.54) is 0 Å². The summed E-state index contributed by atoms with van der Waals surface area (Å²) in [5, 5.41) is 3.91. The smallest absolute Gasteiger partial charge is 0.223 e. The number of fused-ring (bicyclic) bond motifs is 3. The first-order valence-electron chi connectivity index (χ1n) is 9.11. The van der Waals surface area contributed by atoms with E-state index in [1.807, 2.05) is 22.7 Å². The minimum Gasteiger partial charge on any atom is -0.339 e. The lowest BCUT2D eigenvalue weighted by Gasteiger charge is -2.29. The van der Waals surface area contributed by atoms with Crippen molar-refractivity contribution in [2.75, 3.05) is 0 Å². The highest BCUT2D eigenvalue weighted by Crippen LogP contribution is 2.35. The number of aromatic nitrogens is 4. The maximum Gasteiger partial charge on any atom is 0.223 e. The van der Waals surface area contributed by atoms with Crippen molar-refractivity contribution in [2.24, 2.45) is 5.73 Å². The monoisotopic (exact) mass is 399 g/mol. The van der Waals surface area contributed by atoms with Gasteiger partial charge in [-0.15, -0.1) is 0 Å². The average molecular weight is 399 g/mol. The number of hydrogen-bond acceptors (Lipinski definition) is 5. The van der Waals surface area contributed by atoms with Gasteiger partial charge in [0.1, 0.15) is 11.5 Å². The fourth-order valence-electron chi connectivity index (χ4n) is 3.97. The molecule has 2 atom stereocenters. The first-order chi connectivity index (χ1) is 13.9. The van der Waals surface area contributed by atoms with Gasteiger partial charge in [-0.05, 0) is 30.2 Å². The van der Waals surface area contributed by atoms with Crippen LogP contribution < -0.4 is 5.73 Å². The highest BCUT2D eigenvalue weighted by atomic mass is 19.2. The Bertz CT molecular complexity index is 1250. The Morgan fingerprint density at radius 2 is 1.86 bits per heavy atom. The molecule has 1 aromatic carbocycles. The largest absolute Gasteiger partial charge is 0.339 e. The number of aryl methyl sites for hydroxylation is 1. The summed E-state index contributed by atoms with van der Waals surface area (Å²) in [5.74, 6) is -2.68. The van der Waals surface area contributed by atoms with Crippen LogP contribution in [0.15, 0.2) is 35.0 Å². The van der Waals surface area contributed by atoms with Crippen LogP contribution >= 0.6 is 0 Å². The van der Waals surface area contributed by atoms with Gasteiger partial charge in [0.15, 0.2) is 11.6 Å². The average Bonchev–Trinajstić information content (AvgIpc) is 3.27. The number of hydrogen-bond donors (Lipinski definition) is 1. The molecule has 4 aromatic rings. The van der Waals surface area contributed by atoms with E-state index in [1.54, 1.807) is 6.92 Å². The van der Waals surface area contributed by atoms with Crippen LogP contribution in [-0.2, 0) is 12.8 Å². The summed E-state index contributed by atoms with van der Waals surface area (Å²) in [6.45, 7) is 1.71. The first-order valence-corrected chi connectivity index (χ1v) is 9.11. The summed E-state index contributed by atoms with van der Waals surface area (Å²) < 4.78 is 48.2. The molecule has 0 fully saturated rings. The number of benzene rings is 1. The van der Waals surface area contributed by atoms with Crippen LogP contribution in [0.1, 0.15) is 28.8 Å². The molecule has 0 spiro atoms. The second-order valence-corrected chi connectivity index (χ2v) is 7.25. The number of pyridine rings is 1. The van der Waals surface area contributed by atoms with Crippen LogP contribution in [0.2, 0.25) is 0 Å². The Hall–Kier alpha value is -3.20. The summed E-state index contributed by atoms with van der Waals surface area (Å²) in [4.78, 5) is 8.87. The fourth-order valence-corrected chi connectivity index (χ4v) is 3.97. The van der Waals surface area contributed by atoms with Crippen molar-refractivity contribution in [2.45, 2.75) is 31.7 Å². The van der Waals surface area contributed by atoms with E-state index in [0.29, 0.717) is 36.3 Å². The van der Waals surface area contributed by atoms with Crippen molar-refractivity contribution < 1.29 is 17.7 Å². The molecule has 9 heteroatoms. The second kappa shape index (κ2) is 6.41. The van der Waals surface area contributed by atoms with E-state index in [4.69, 9.17) is 10.3 Å². The van der Waals surface area contributed by atoms with Crippen LogP contribution in [0.5, 0.6) is 0 Å². The zero-order valence-corrected chi connectivity index (χ0v) is 15.4. The molecular weight excluding hydrogens is 383 g/mol. The van der Waals surface area contributed by atoms with Gasteiger partial charge >= 0.3 is 0 Å². The van der Waals surface area contributed by atoms with E-state index in [0.717, 1.165) is 23.0 Å². The highest BCUT2D eigenvalue weighted by Gasteiger charge is 2.33. The van der Waals surface area contributed by atoms with Crippen LogP contribution in [0, 0.1) is 24.4 Å². The highest BCUT2D eigenvalue weighted by molar-refractivity contribution is 5.62. The number of nitrogens with zero attached hydrogens (tertiary/aromatic N) is 4. The second-order valence-electron chi connectivity index (χ2n) is 7.25. The van der Waals surface area contributed by atoms with Gasteiger partial charge in [-0.3, -0.25) is 0 Å². The molecule has 0 bridgehead atoms. The zero-order valence-electron chi connectivity index (χ0n) is 15.4. The van der Waals surface area contributed by atoms with Gasteiger partial charge in [0.05, 0.1) is 5.69 Å². The zero-order chi connectivity index (χ0) is 20.3. The van der Waals surface area contributed by atoms with Crippen LogP contribution in [0.4, 0.5) is 13.2 Å². The van der Waals surface area contributed by atoms with Crippen molar-refractivity contribution in [3.63, 3.8) is 0 Å². The fraction of sp³-hybridized carbons (Fsp3) is 0.250. The van der Waals surface area contributed by atoms with Crippen LogP contribution in [0.25, 0.3) is 17.0 Å². The van der Waals surface area contributed by atoms with Gasteiger partial charge in [0.25, 0.3) is 0 Å². The van der Waals surface area contributed by atoms with E-state index >= 15 is 0 Å². The predicted molar refractivity (Wildman–Crippen MR) is 97.7 cm³/mol. The number of nitrogens with two attached hydrogens (primary N) is 1. The Labute approximate surface area is 163 Å². The molecule has 5 rings (SSSR count). The Morgan fingerprint density at radius 1 is 1.07 bits per heavy atom. The van der Waals surface area contributed by atoms with Crippen LogP contribution in [0.3, 0.4) is 0 Å². The van der Waals surface area contributed by atoms with Crippen molar-refractivity contribution in [3.05, 3.63) is 70.8 Å². The third-order valence-corrected chi connectivity index (χ3v) is 5.39. The predicted octanol–water partition coefficient (Wildman–Crippen LogP) is 3.32. The minimum atomic E-state index is -1.21. The van der Waals surface area contributed by atoms with Gasteiger partial charge in [-0.25, -0.2) is 18.2 Å². The Balaban J connectivity index is 1.55. The Morgan fingerprint density at radius 3 is 2.62 bits per heavy atom. The lowest BCUT2D eigenvalue weighted by atomic mass is 9.80. The molecule has 2 unspecified atom stereocenters. The molecule has 148 valence electrons. The minimum absolute atomic E-state index is 0.0714. The third kappa shape index (κ3) is 2.89. The quantitative estimate of drug-likeness (QED) is 0.523. The lowest BCUT2D eigenvalue weighted by molar-refractivity contribution is 0.394. The summed E-state index contributed by atoms with van der Waals surface area (Å²) in [6.07, 6.45) is 2.62. The van der Waals surface area contributed by atoms with Crippen molar-refractivity contribution in [1.29, 1.82) is 0 Å². The SMILES string of the molecule is Cc1nc(-c2ccn3c4c(nc3c2)CC(c2cc(F)c(F)cc2F)C(N)C4)no1. The molecule has 0 radical (unpaired) electrons. The van der Waals surface area contributed by atoms with E-state index in [2.05, 4.69) is 15.1 Å². The summed E-state index contributed by atoms with van der Waals surface area (Å²) in [7, 11) is 0. The van der Waals surface area contributed by atoms with Gasteiger partial charge in [0, 0.05) is 48.8 Å². The van der Waals surface area contributed by atoms with Gasteiger partial charge in [-0.1, -0.05) is 5.16 Å². The molecule has 1 aliphatic rings. The van der Waals surface area contributed by atoms with Gasteiger partial charge < -0.3 is 14.7 Å². The maximum absolute atomic E-state index is 14.3. The van der Waals surface area contributed by atoms with E-state index in [-0.39, 0.29) is 5.56 Å². The molecule has 0 amide bonds. The molecule has 6 nitrogen and oxygen atoms in total. The number of imidazole rings is 1. The molecule has 3 aromatic heterocycles. The van der Waals surface area contributed by atoms with Crippen molar-refractivity contribution in [1.82, 2.24) is 19.5 Å². The number of rotatable bonds is 2. The van der Waals surface area contributed by atoms with E-state index < -0.39 is 29.4 Å². The molecule has 0 saturated carbocycles. The molecule has 0 saturated heterocycles. The molecule has 3 heterocycles. The molecular formula is C20H16F3N5O. The van der Waals surface area contributed by atoms with Crippen molar-refractivity contribution in [3.8, 4) is 11.4 Å². The maximum atomic E-state index is 14.3. The lowest BCUT2D eigenvalue weighted by Crippen LogP contribution is -2.37. The molecule has 29 heavy (non-hydrogen) atoms. The van der Waals surface area contributed by atoms with Gasteiger partial charge in [0.2, 0.25) is 11.7 Å². The van der Waals surface area contributed by atoms with E-state index in [9.17, 15) is 13.2 Å². The normalized spacial score (nSPS) is 18.9. The first kappa shape index (κ1) is 17.9. The molecule has 1 aliphatic carbocycles. The molecule has 0 aliphatic heterocycles. The van der Waals surface area contributed by atoms with Crippen LogP contribution in [-0.4, -0.2) is 25.6 Å². The molecule has 2 N–H and O–H groups in total. The Kier molecular flexibility index (Phi) is 3.95. The van der Waals surface area contributed by atoms with Gasteiger partial charge in [-0.2, -0.15) is 4.98 Å². The number of halogens is 3.